The van der Waals surface area contributed by atoms with Crippen LogP contribution in [0.4, 0.5) is 17.1 Å². The second-order valence-electron chi connectivity index (χ2n) is 7.56. The van der Waals surface area contributed by atoms with Gasteiger partial charge < -0.3 is 4.90 Å². The highest BCUT2D eigenvalue weighted by molar-refractivity contribution is 6.33. The second-order valence-corrected chi connectivity index (χ2v) is 7.97. The molecule has 5 nitrogen and oxygen atoms in total. The van der Waals surface area contributed by atoms with Crippen molar-refractivity contribution in [1.29, 1.82) is 0 Å². The van der Waals surface area contributed by atoms with Gasteiger partial charge in [-0.1, -0.05) is 30.7 Å². The van der Waals surface area contributed by atoms with Crippen LogP contribution in [0.25, 0.3) is 5.57 Å². The Bertz CT molecular complexity index is 980. The molecule has 2 aromatic rings. The summed E-state index contributed by atoms with van der Waals surface area (Å²) in [6.07, 6.45) is 4.99. The third-order valence-electron chi connectivity index (χ3n) is 4.94. The Labute approximate surface area is 170 Å². The molecule has 28 heavy (non-hydrogen) atoms. The van der Waals surface area contributed by atoms with Crippen molar-refractivity contribution < 1.29 is 4.92 Å². The Morgan fingerprint density at radius 1 is 1.29 bits per heavy atom. The van der Waals surface area contributed by atoms with Crippen LogP contribution in [0.1, 0.15) is 45.2 Å². The lowest BCUT2D eigenvalue weighted by atomic mass is 9.88. The van der Waals surface area contributed by atoms with Crippen LogP contribution in [0.3, 0.4) is 0 Å². The Hall–Kier alpha value is -2.66. The molecule has 6 heteroatoms. The van der Waals surface area contributed by atoms with Crippen molar-refractivity contribution in [1.82, 2.24) is 0 Å². The largest absolute Gasteiger partial charge is 0.362 e. The zero-order valence-electron chi connectivity index (χ0n) is 16.6. The van der Waals surface area contributed by atoms with Gasteiger partial charge in [0.1, 0.15) is 0 Å². The summed E-state index contributed by atoms with van der Waals surface area (Å²) < 4.78 is 0. The summed E-state index contributed by atoms with van der Waals surface area (Å²) in [6.45, 7) is 9.64. The zero-order chi connectivity index (χ0) is 20.5. The van der Waals surface area contributed by atoms with Gasteiger partial charge in [-0.25, -0.2) is 0 Å². The van der Waals surface area contributed by atoms with E-state index in [4.69, 9.17) is 11.6 Å². The monoisotopic (exact) mass is 397 g/mol. The van der Waals surface area contributed by atoms with E-state index in [-0.39, 0.29) is 11.2 Å². The number of non-ortho nitro benzene ring substituents is 1. The van der Waals surface area contributed by atoms with Crippen LogP contribution >= 0.6 is 11.6 Å². The molecule has 0 aliphatic carbocycles. The number of fused-ring (bicyclic) bond motifs is 1. The van der Waals surface area contributed by atoms with E-state index in [9.17, 15) is 10.1 Å². The van der Waals surface area contributed by atoms with Gasteiger partial charge in [0.2, 0.25) is 0 Å². The summed E-state index contributed by atoms with van der Waals surface area (Å²) in [5.41, 5.74) is 4.72. The molecule has 0 fully saturated rings. The van der Waals surface area contributed by atoms with Crippen LogP contribution in [0.5, 0.6) is 0 Å². The van der Waals surface area contributed by atoms with Gasteiger partial charge in [0.25, 0.3) is 5.69 Å². The summed E-state index contributed by atoms with van der Waals surface area (Å²) in [4.78, 5) is 17.3. The fraction of sp³-hybridized carbons (Fsp3) is 0.318. The Kier molecular flexibility index (Phi) is 5.57. The third kappa shape index (κ3) is 3.94. The maximum atomic E-state index is 10.9. The predicted molar refractivity (Wildman–Crippen MR) is 117 cm³/mol. The first-order chi connectivity index (χ1) is 13.2. The highest BCUT2D eigenvalue weighted by atomic mass is 35.5. The van der Waals surface area contributed by atoms with Gasteiger partial charge in [-0.2, -0.15) is 0 Å². The number of hydrogen-bond donors (Lipinski definition) is 0. The summed E-state index contributed by atoms with van der Waals surface area (Å²) in [5, 5.41) is 11.5. The molecular formula is C22H24ClN3O2. The zero-order valence-corrected chi connectivity index (χ0v) is 17.3. The minimum Gasteiger partial charge on any atom is -0.362 e. The van der Waals surface area contributed by atoms with E-state index >= 15 is 0 Å². The summed E-state index contributed by atoms with van der Waals surface area (Å²) >= 11 is 6.57. The van der Waals surface area contributed by atoms with E-state index in [1.54, 1.807) is 18.3 Å². The average molecular weight is 398 g/mol. The number of nitro benzene ring substituents is 1. The van der Waals surface area contributed by atoms with Crippen molar-refractivity contribution >= 4 is 40.5 Å². The van der Waals surface area contributed by atoms with Gasteiger partial charge in [0.05, 0.1) is 21.2 Å². The maximum Gasteiger partial charge on any atom is 0.271 e. The molecule has 0 N–H and O–H groups in total. The van der Waals surface area contributed by atoms with Crippen LogP contribution in [0.15, 0.2) is 47.5 Å². The van der Waals surface area contributed by atoms with Crippen molar-refractivity contribution in [2.45, 2.75) is 39.7 Å². The van der Waals surface area contributed by atoms with Crippen molar-refractivity contribution in [3.63, 3.8) is 0 Å². The molecule has 0 radical (unpaired) electrons. The van der Waals surface area contributed by atoms with Gasteiger partial charge in [0.15, 0.2) is 0 Å². The third-order valence-corrected chi connectivity index (χ3v) is 5.26. The summed E-state index contributed by atoms with van der Waals surface area (Å²) in [5.74, 6) is 0. The molecule has 0 bridgehead atoms. The SMILES string of the molecule is CCCN1c2cc(Cl)c(C=Nc3cccc([N+](=O)[O-])c3)cc2C(C)=CC1(C)C. The van der Waals surface area contributed by atoms with Crippen LogP contribution in [0.2, 0.25) is 5.02 Å². The van der Waals surface area contributed by atoms with Gasteiger partial charge in [-0.3, -0.25) is 15.1 Å². The van der Waals surface area contributed by atoms with Gasteiger partial charge in [0, 0.05) is 41.7 Å². The highest BCUT2D eigenvalue weighted by Gasteiger charge is 2.31. The van der Waals surface area contributed by atoms with Crippen LogP contribution in [-0.2, 0) is 0 Å². The Balaban J connectivity index is 2.01. The second kappa shape index (κ2) is 7.76. The molecule has 146 valence electrons. The minimum absolute atomic E-state index is 0.0161. The molecule has 0 saturated heterocycles. The smallest absolute Gasteiger partial charge is 0.271 e. The number of halogens is 1. The molecule has 0 unspecified atom stereocenters. The topological polar surface area (TPSA) is 58.7 Å². The molecule has 1 aliphatic rings. The Morgan fingerprint density at radius 2 is 2.04 bits per heavy atom. The number of nitrogens with zero attached hydrogens (tertiary/aromatic N) is 3. The van der Waals surface area contributed by atoms with E-state index in [0.717, 1.165) is 29.8 Å². The molecule has 0 amide bonds. The maximum absolute atomic E-state index is 10.9. The van der Waals surface area contributed by atoms with Crippen molar-refractivity contribution in [2.75, 3.05) is 11.4 Å². The van der Waals surface area contributed by atoms with E-state index in [1.807, 2.05) is 12.1 Å². The minimum atomic E-state index is -0.427. The first-order valence-corrected chi connectivity index (χ1v) is 9.70. The van der Waals surface area contributed by atoms with E-state index in [2.05, 4.69) is 43.7 Å². The molecule has 1 aliphatic heterocycles. The number of rotatable bonds is 5. The summed E-state index contributed by atoms with van der Waals surface area (Å²) in [6, 6.07) is 10.3. The molecule has 2 aromatic carbocycles. The first kappa shape index (κ1) is 20.1. The highest BCUT2D eigenvalue weighted by Crippen LogP contribution is 2.41. The molecular weight excluding hydrogens is 374 g/mol. The molecule has 0 spiro atoms. The summed E-state index contributed by atoms with van der Waals surface area (Å²) in [7, 11) is 0. The van der Waals surface area contributed by atoms with Gasteiger partial charge in [-0.05, 0) is 51.0 Å². The Morgan fingerprint density at radius 3 is 2.71 bits per heavy atom. The molecule has 3 rings (SSSR count). The number of benzene rings is 2. The standard InChI is InChI=1S/C22H24ClN3O2/c1-5-9-25-21-12-20(23)16(10-19(21)15(2)13-22(25,3)4)14-24-17-7-6-8-18(11-17)26(27)28/h6-8,10-14H,5,9H2,1-4H3. The van der Waals surface area contributed by atoms with E-state index in [1.165, 1.54) is 17.7 Å². The number of aliphatic imine (C=N–C) groups is 1. The predicted octanol–water partition coefficient (Wildman–Crippen LogP) is 6.41. The number of hydrogen-bond acceptors (Lipinski definition) is 4. The van der Waals surface area contributed by atoms with Gasteiger partial charge >= 0.3 is 0 Å². The number of allylic oxidation sites excluding steroid dienone is 1. The van der Waals surface area contributed by atoms with Gasteiger partial charge in [-0.15, -0.1) is 0 Å². The van der Waals surface area contributed by atoms with Crippen LogP contribution in [0, 0.1) is 10.1 Å². The normalized spacial score (nSPS) is 15.5. The average Bonchev–Trinajstić information content (AvgIpc) is 2.63. The quantitative estimate of drug-likeness (QED) is 0.332. The fourth-order valence-corrected chi connectivity index (χ4v) is 3.88. The van der Waals surface area contributed by atoms with Crippen LogP contribution < -0.4 is 4.90 Å². The molecule has 0 aromatic heterocycles. The lowest BCUT2D eigenvalue weighted by molar-refractivity contribution is -0.384. The van der Waals surface area contributed by atoms with Crippen molar-refractivity contribution in [3.8, 4) is 0 Å². The number of anilines is 1. The van der Waals surface area contributed by atoms with E-state index in [0.29, 0.717) is 10.7 Å². The first-order valence-electron chi connectivity index (χ1n) is 9.32. The van der Waals surface area contributed by atoms with Crippen molar-refractivity contribution in [3.05, 3.63) is 68.7 Å². The fourth-order valence-electron chi connectivity index (χ4n) is 3.68. The molecule has 0 saturated carbocycles. The lowest BCUT2D eigenvalue weighted by Gasteiger charge is -2.43. The lowest BCUT2D eigenvalue weighted by Crippen LogP contribution is -2.45. The molecule has 1 heterocycles. The number of nitro groups is 1. The molecule has 0 atom stereocenters. The van der Waals surface area contributed by atoms with Crippen molar-refractivity contribution in [2.24, 2.45) is 4.99 Å². The van der Waals surface area contributed by atoms with E-state index < -0.39 is 4.92 Å². The van der Waals surface area contributed by atoms with Crippen LogP contribution in [-0.4, -0.2) is 23.2 Å².